The van der Waals surface area contributed by atoms with Crippen LogP contribution in [0.25, 0.3) is 0 Å². The first-order valence-electron chi connectivity index (χ1n) is 6.62. The van der Waals surface area contributed by atoms with E-state index in [0.29, 0.717) is 0 Å². The highest BCUT2D eigenvalue weighted by Gasteiger charge is 2.31. The van der Waals surface area contributed by atoms with Gasteiger partial charge in [-0.3, -0.25) is 0 Å². The molecule has 1 aliphatic carbocycles. The van der Waals surface area contributed by atoms with Crippen LogP contribution < -0.4 is 5.32 Å². The van der Waals surface area contributed by atoms with Crippen LogP contribution in [0.5, 0.6) is 0 Å². The zero-order valence-corrected chi connectivity index (χ0v) is 10.3. The summed E-state index contributed by atoms with van der Waals surface area (Å²) >= 11 is 0. The molecule has 1 saturated heterocycles. The third-order valence-corrected chi connectivity index (χ3v) is 4.32. The topological polar surface area (TPSA) is 39.1 Å². The minimum absolute atomic E-state index is 0.000130. The number of hydrogen-bond donors (Lipinski definition) is 1. The maximum atomic E-state index is 8.95. The standard InChI is InChI=1S/C13H23N3/c1-15-13(8-14)10-16-7-6-11-4-2-3-5-12(11)9-16/h11-13,15H,2-7,9-10H2,1H3. The lowest BCUT2D eigenvalue weighted by molar-refractivity contribution is 0.0841. The van der Waals surface area contributed by atoms with Gasteiger partial charge in [-0.15, -0.1) is 0 Å². The fourth-order valence-corrected chi connectivity index (χ4v) is 3.30. The number of piperidine rings is 1. The van der Waals surface area contributed by atoms with Gasteiger partial charge in [-0.25, -0.2) is 0 Å². The number of fused-ring (bicyclic) bond motifs is 1. The van der Waals surface area contributed by atoms with Crippen LogP contribution >= 0.6 is 0 Å². The van der Waals surface area contributed by atoms with Crippen molar-refractivity contribution in [2.45, 2.75) is 38.1 Å². The summed E-state index contributed by atoms with van der Waals surface area (Å²) in [7, 11) is 1.88. The molecule has 2 aliphatic rings. The molecule has 1 aliphatic heterocycles. The van der Waals surface area contributed by atoms with Crippen molar-refractivity contribution < 1.29 is 0 Å². The van der Waals surface area contributed by atoms with E-state index in [0.717, 1.165) is 18.4 Å². The van der Waals surface area contributed by atoms with E-state index < -0.39 is 0 Å². The van der Waals surface area contributed by atoms with Gasteiger partial charge in [0.15, 0.2) is 0 Å². The van der Waals surface area contributed by atoms with E-state index in [1.807, 2.05) is 7.05 Å². The Morgan fingerprint density at radius 2 is 2.06 bits per heavy atom. The molecule has 0 bridgehead atoms. The molecule has 0 aromatic carbocycles. The third-order valence-electron chi connectivity index (χ3n) is 4.32. The molecule has 0 spiro atoms. The second kappa shape index (κ2) is 5.65. The second-order valence-corrected chi connectivity index (χ2v) is 5.32. The van der Waals surface area contributed by atoms with Crippen molar-refractivity contribution >= 4 is 0 Å². The Bertz CT molecular complexity index is 258. The summed E-state index contributed by atoms with van der Waals surface area (Å²) in [6.07, 6.45) is 7.08. The molecule has 3 heteroatoms. The largest absolute Gasteiger partial charge is 0.304 e. The van der Waals surface area contributed by atoms with Crippen molar-refractivity contribution in [2.75, 3.05) is 26.7 Å². The molecule has 1 heterocycles. The van der Waals surface area contributed by atoms with E-state index in [1.165, 1.54) is 45.2 Å². The average Bonchev–Trinajstić information content (AvgIpc) is 2.35. The Labute approximate surface area is 98.8 Å². The molecule has 0 amide bonds. The predicted molar refractivity (Wildman–Crippen MR) is 65.0 cm³/mol. The Morgan fingerprint density at radius 3 is 2.75 bits per heavy atom. The monoisotopic (exact) mass is 221 g/mol. The van der Waals surface area contributed by atoms with Crippen LogP contribution in [-0.4, -0.2) is 37.6 Å². The fraction of sp³-hybridized carbons (Fsp3) is 0.923. The molecule has 3 atom stereocenters. The zero-order valence-electron chi connectivity index (χ0n) is 10.3. The summed E-state index contributed by atoms with van der Waals surface area (Å²) in [6, 6.07) is 2.32. The van der Waals surface area contributed by atoms with Gasteiger partial charge < -0.3 is 10.2 Å². The molecule has 0 aromatic heterocycles. The average molecular weight is 221 g/mol. The molecule has 0 radical (unpaired) electrons. The molecule has 0 aromatic rings. The molecule has 3 unspecified atom stereocenters. The maximum Gasteiger partial charge on any atom is 0.108 e. The van der Waals surface area contributed by atoms with Crippen LogP contribution in [0.15, 0.2) is 0 Å². The summed E-state index contributed by atoms with van der Waals surface area (Å²) in [5.74, 6) is 1.90. The van der Waals surface area contributed by atoms with E-state index in [9.17, 15) is 0 Å². The molecular weight excluding hydrogens is 198 g/mol. The van der Waals surface area contributed by atoms with E-state index in [2.05, 4.69) is 16.3 Å². The van der Waals surface area contributed by atoms with Crippen LogP contribution in [0, 0.1) is 23.2 Å². The highest BCUT2D eigenvalue weighted by atomic mass is 15.2. The SMILES string of the molecule is CNC(C#N)CN1CCC2CCCCC2C1. The van der Waals surface area contributed by atoms with Gasteiger partial charge in [0.2, 0.25) is 0 Å². The first-order chi connectivity index (χ1) is 7.83. The number of likely N-dealkylation sites (tertiary alicyclic amines) is 1. The fourth-order valence-electron chi connectivity index (χ4n) is 3.30. The number of nitriles is 1. The van der Waals surface area contributed by atoms with Crippen molar-refractivity contribution in [3.63, 3.8) is 0 Å². The van der Waals surface area contributed by atoms with Gasteiger partial charge in [-0.1, -0.05) is 19.3 Å². The number of likely N-dealkylation sites (N-methyl/N-ethyl adjacent to an activating group) is 1. The lowest BCUT2D eigenvalue weighted by atomic mass is 9.75. The van der Waals surface area contributed by atoms with E-state index in [1.54, 1.807) is 0 Å². The van der Waals surface area contributed by atoms with Crippen molar-refractivity contribution in [2.24, 2.45) is 11.8 Å². The highest BCUT2D eigenvalue weighted by molar-refractivity contribution is 4.93. The van der Waals surface area contributed by atoms with E-state index in [-0.39, 0.29) is 6.04 Å². The highest BCUT2D eigenvalue weighted by Crippen LogP contribution is 2.35. The van der Waals surface area contributed by atoms with Crippen LogP contribution in [0.4, 0.5) is 0 Å². The molecule has 2 rings (SSSR count). The number of rotatable bonds is 3. The first-order valence-corrected chi connectivity index (χ1v) is 6.62. The van der Waals surface area contributed by atoms with Crippen molar-refractivity contribution in [1.82, 2.24) is 10.2 Å². The van der Waals surface area contributed by atoms with Gasteiger partial charge in [-0.05, 0) is 38.3 Å². The second-order valence-electron chi connectivity index (χ2n) is 5.32. The van der Waals surface area contributed by atoms with Gasteiger partial charge in [0.05, 0.1) is 6.07 Å². The van der Waals surface area contributed by atoms with Crippen molar-refractivity contribution in [1.29, 1.82) is 5.26 Å². The molecule has 16 heavy (non-hydrogen) atoms. The molecule has 3 nitrogen and oxygen atoms in total. The van der Waals surface area contributed by atoms with Gasteiger partial charge in [0.25, 0.3) is 0 Å². The summed E-state index contributed by atoms with van der Waals surface area (Å²) in [5, 5.41) is 12.0. The predicted octanol–water partition coefficient (Wildman–Crippen LogP) is 1.61. The Hall–Kier alpha value is -0.590. The lowest BCUT2D eigenvalue weighted by Crippen LogP contribution is -2.46. The lowest BCUT2D eigenvalue weighted by Gasteiger charge is -2.41. The summed E-state index contributed by atoms with van der Waals surface area (Å²) in [6.45, 7) is 3.32. The smallest absolute Gasteiger partial charge is 0.108 e. The van der Waals surface area contributed by atoms with Gasteiger partial charge in [0, 0.05) is 13.1 Å². The van der Waals surface area contributed by atoms with E-state index >= 15 is 0 Å². The van der Waals surface area contributed by atoms with Crippen molar-refractivity contribution in [3.8, 4) is 6.07 Å². The van der Waals surface area contributed by atoms with Crippen LogP contribution in [0.3, 0.4) is 0 Å². The zero-order chi connectivity index (χ0) is 11.4. The van der Waals surface area contributed by atoms with Crippen LogP contribution in [0.2, 0.25) is 0 Å². The Morgan fingerprint density at radius 1 is 1.31 bits per heavy atom. The molecule has 1 N–H and O–H groups in total. The quantitative estimate of drug-likeness (QED) is 0.787. The molecular formula is C13H23N3. The number of nitrogens with zero attached hydrogens (tertiary/aromatic N) is 2. The minimum atomic E-state index is 0.000130. The van der Waals surface area contributed by atoms with Gasteiger partial charge >= 0.3 is 0 Å². The molecule has 2 fully saturated rings. The number of hydrogen-bond acceptors (Lipinski definition) is 3. The van der Waals surface area contributed by atoms with Crippen LogP contribution in [-0.2, 0) is 0 Å². The van der Waals surface area contributed by atoms with Crippen LogP contribution in [0.1, 0.15) is 32.1 Å². The minimum Gasteiger partial charge on any atom is -0.304 e. The van der Waals surface area contributed by atoms with Crippen molar-refractivity contribution in [3.05, 3.63) is 0 Å². The molecule has 90 valence electrons. The summed E-state index contributed by atoms with van der Waals surface area (Å²) in [5.41, 5.74) is 0. The maximum absolute atomic E-state index is 8.95. The van der Waals surface area contributed by atoms with E-state index in [4.69, 9.17) is 5.26 Å². The summed E-state index contributed by atoms with van der Waals surface area (Å²) in [4.78, 5) is 2.48. The van der Waals surface area contributed by atoms with Gasteiger partial charge in [0.1, 0.15) is 6.04 Å². The Kier molecular flexibility index (Phi) is 4.20. The van der Waals surface area contributed by atoms with Gasteiger partial charge in [-0.2, -0.15) is 5.26 Å². The third kappa shape index (κ3) is 2.75. The molecule has 1 saturated carbocycles. The first kappa shape index (κ1) is 11.9. The summed E-state index contributed by atoms with van der Waals surface area (Å²) < 4.78 is 0. The number of nitrogens with one attached hydrogen (secondary N) is 1. The Balaban J connectivity index is 1.83. The normalized spacial score (nSPS) is 32.8.